The monoisotopic (exact) mass is 489 g/mol. The van der Waals surface area contributed by atoms with Crippen LogP contribution in [0.2, 0.25) is 15.1 Å². The van der Waals surface area contributed by atoms with E-state index in [2.05, 4.69) is 20.9 Å². The summed E-state index contributed by atoms with van der Waals surface area (Å²) >= 11 is 22.6. The lowest BCUT2D eigenvalue weighted by molar-refractivity contribution is -0.116. The van der Waals surface area contributed by atoms with Crippen LogP contribution in [0.3, 0.4) is 0 Å². The van der Waals surface area contributed by atoms with Crippen LogP contribution in [0.1, 0.15) is 18.2 Å². The number of hydrogen-bond donors (Lipinski definition) is 0. The summed E-state index contributed by atoms with van der Waals surface area (Å²) in [6.45, 7) is 3.42. The number of fused-ring (bicyclic) bond motifs is 1. The zero-order valence-corrected chi connectivity index (χ0v) is 18.5. The van der Waals surface area contributed by atoms with E-state index >= 15 is 0 Å². The summed E-state index contributed by atoms with van der Waals surface area (Å²) < 4.78 is 8.69. The second-order valence-electron chi connectivity index (χ2n) is 5.90. The molecule has 3 aromatic rings. The van der Waals surface area contributed by atoms with Crippen molar-refractivity contribution < 1.29 is 9.53 Å². The summed E-state index contributed by atoms with van der Waals surface area (Å²) in [5.41, 5.74) is 2.45. The largest absolute Gasteiger partial charge is 0.485 e. The second-order valence-corrected chi connectivity index (χ2v) is 7.85. The van der Waals surface area contributed by atoms with Crippen molar-refractivity contribution >= 4 is 68.0 Å². The van der Waals surface area contributed by atoms with Gasteiger partial charge in [-0.05, 0) is 41.1 Å². The summed E-state index contributed by atoms with van der Waals surface area (Å²) in [7, 11) is 1.60. The lowest BCUT2D eigenvalue weighted by atomic mass is 10.2. The number of nitrogens with zero attached hydrogens (tertiary/aromatic N) is 3. The van der Waals surface area contributed by atoms with Gasteiger partial charge in [0.25, 0.3) is 0 Å². The van der Waals surface area contributed by atoms with E-state index < -0.39 is 0 Å². The Hall–Kier alpha value is -1.47. The number of halogens is 4. The van der Waals surface area contributed by atoms with Crippen molar-refractivity contribution in [3.05, 3.63) is 55.3 Å². The highest BCUT2D eigenvalue weighted by atomic mass is 79.9. The Morgan fingerprint density at radius 3 is 2.70 bits per heavy atom. The maximum atomic E-state index is 11.7. The topological polar surface area (TPSA) is 46.8 Å². The average Bonchev–Trinajstić information content (AvgIpc) is 2.89. The lowest BCUT2D eigenvalue weighted by Crippen LogP contribution is -2.24. The molecule has 0 atom stereocenters. The molecule has 0 bridgehead atoms. The molecule has 27 heavy (non-hydrogen) atoms. The van der Waals surface area contributed by atoms with E-state index in [0.717, 1.165) is 10.3 Å². The SMILES string of the molecule is CC(=O)N(C)c1c(Cl)cc(Cl)c(COc2cccn3c(Br)c(C)nc23)c1Cl. The Kier molecular flexibility index (Phi) is 5.91. The number of imidazole rings is 1. The number of rotatable bonds is 4. The standard InChI is InChI=1S/C18H15BrCl3N3O2/c1-9-17(19)25-6-4-5-14(18(25)23-9)27-8-11-12(20)7-13(21)16(15(11)22)24(3)10(2)26/h4-7H,8H2,1-3H3. The smallest absolute Gasteiger partial charge is 0.223 e. The molecule has 0 aliphatic rings. The van der Waals surface area contributed by atoms with E-state index in [4.69, 9.17) is 39.5 Å². The molecule has 0 aliphatic heterocycles. The molecule has 142 valence electrons. The Labute approximate surface area is 179 Å². The molecule has 2 aromatic heterocycles. The molecule has 1 amide bonds. The number of amides is 1. The van der Waals surface area contributed by atoms with Crippen molar-refractivity contribution in [2.24, 2.45) is 0 Å². The van der Waals surface area contributed by atoms with E-state index in [9.17, 15) is 4.79 Å². The lowest BCUT2D eigenvalue weighted by Gasteiger charge is -2.21. The molecule has 0 N–H and O–H groups in total. The van der Waals surface area contributed by atoms with Gasteiger partial charge in [0, 0.05) is 25.7 Å². The second kappa shape index (κ2) is 7.87. The minimum Gasteiger partial charge on any atom is -0.485 e. The normalized spacial score (nSPS) is 11.1. The van der Waals surface area contributed by atoms with Crippen LogP contribution >= 0.6 is 50.7 Å². The van der Waals surface area contributed by atoms with Gasteiger partial charge < -0.3 is 9.64 Å². The number of aromatic nitrogens is 2. The van der Waals surface area contributed by atoms with Gasteiger partial charge in [0.1, 0.15) is 11.2 Å². The van der Waals surface area contributed by atoms with Gasteiger partial charge in [-0.1, -0.05) is 34.8 Å². The molecule has 0 unspecified atom stereocenters. The molecule has 0 aliphatic carbocycles. The maximum absolute atomic E-state index is 11.7. The number of hydrogen-bond acceptors (Lipinski definition) is 3. The van der Waals surface area contributed by atoms with Gasteiger partial charge >= 0.3 is 0 Å². The highest BCUT2D eigenvalue weighted by molar-refractivity contribution is 9.10. The van der Waals surface area contributed by atoms with Crippen molar-refractivity contribution in [3.63, 3.8) is 0 Å². The summed E-state index contributed by atoms with van der Waals surface area (Å²) in [5, 5.41) is 0.928. The molecule has 5 nitrogen and oxygen atoms in total. The minimum atomic E-state index is -0.199. The molecule has 9 heteroatoms. The number of benzene rings is 1. The third kappa shape index (κ3) is 3.76. The number of anilines is 1. The third-order valence-corrected chi connectivity index (χ3v) is 6.12. The molecular formula is C18H15BrCl3N3O2. The molecule has 1 aromatic carbocycles. The van der Waals surface area contributed by atoms with Crippen LogP contribution in [0.25, 0.3) is 5.65 Å². The van der Waals surface area contributed by atoms with Crippen LogP contribution in [0.5, 0.6) is 5.75 Å². The first-order chi connectivity index (χ1) is 12.7. The Balaban J connectivity index is 1.99. The van der Waals surface area contributed by atoms with Crippen molar-refractivity contribution in [2.75, 3.05) is 11.9 Å². The zero-order chi connectivity index (χ0) is 19.9. The van der Waals surface area contributed by atoms with Crippen molar-refractivity contribution in [1.29, 1.82) is 0 Å². The van der Waals surface area contributed by atoms with Gasteiger partial charge in [-0.15, -0.1) is 0 Å². The molecule has 0 saturated heterocycles. The zero-order valence-electron chi connectivity index (χ0n) is 14.7. The predicted molar refractivity (Wildman–Crippen MR) is 113 cm³/mol. The first-order valence-corrected chi connectivity index (χ1v) is 9.81. The molecule has 0 fully saturated rings. The summed E-state index contributed by atoms with van der Waals surface area (Å²) in [4.78, 5) is 17.6. The number of carbonyl (C=O) groups is 1. The van der Waals surface area contributed by atoms with E-state index in [1.165, 1.54) is 11.8 Å². The first kappa shape index (κ1) is 20.3. The molecular weight excluding hydrogens is 476 g/mol. The highest BCUT2D eigenvalue weighted by Crippen LogP contribution is 2.40. The third-order valence-electron chi connectivity index (χ3n) is 4.14. The van der Waals surface area contributed by atoms with E-state index in [1.54, 1.807) is 13.1 Å². The predicted octanol–water partition coefficient (Wildman–Crippen LogP) is 5.93. The molecule has 3 rings (SSSR count). The number of ether oxygens (including phenoxy) is 1. The van der Waals surface area contributed by atoms with Gasteiger partial charge in [0.15, 0.2) is 11.4 Å². The van der Waals surface area contributed by atoms with Gasteiger partial charge in [-0.2, -0.15) is 0 Å². The Morgan fingerprint density at radius 2 is 2.04 bits per heavy atom. The molecule has 0 spiro atoms. The van der Waals surface area contributed by atoms with Crippen LogP contribution < -0.4 is 9.64 Å². The first-order valence-electron chi connectivity index (χ1n) is 7.89. The number of carbonyl (C=O) groups excluding carboxylic acids is 1. The van der Waals surface area contributed by atoms with Gasteiger partial charge in [-0.25, -0.2) is 4.98 Å². The van der Waals surface area contributed by atoms with Crippen LogP contribution in [0.15, 0.2) is 29.0 Å². The average molecular weight is 492 g/mol. The highest BCUT2D eigenvalue weighted by Gasteiger charge is 2.21. The molecule has 2 heterocycles. The number of pyridine rings is 1. The maximum Gasteiger partial charge on any atom is 0.223 e. The summed E-state index contributed by atoms with van der Waals surface area (Å²) in [6.07, 6.45) is 1.88. The van der Waals surface area contributed by atoms with Crippen LogP contribution in [0, 0.1) is 6.92 Å². The number of aryl methyl sites for hydroxylation is 1. The van der Waals surface area contributed by atoms with E-state index in [0.29, 0.717) is 32.7 Å². The fourth-order valence-electron chi connectivity index (χ4n) is 2.61. The van der Waals surface area contributed by atoms with Crippen molar-refractivity contribution in [3.8, 4) is 5.75 Å². The fourth-order valence-corrected chi connectivity index (χ4v) is 4.11. The van der Waals surface area contributed by atoms with Gasteiger partial charge in [0.2, 0.25) is 5.91 Å². The minimum absolute atomic E-state index is 0.0940. The van der Waals surface area contributed by atoms with Gasteiger partial charge in [0.05, 0.1) is 26.4 Å². The van der Waals surface area contributed by atoms with E-state index in [1.807, 2.05) is 29.7 Å². The summed E-state index contributed by atoms with van der Waals surface area (Å²) in [6, 6.07) is 5.22. The fraction of sp³-hybridized carbons (Fsp3) is 0.222. The Morgan fingerprint density at radius 1 is 1.33 bits per heavy atom. The van der Waals surface area contributed by atoms with Crippen LogP contribution in [-0.4, -0.2) is 22.3 Å². The Bertz CT molecular complexity index is 1050. The molecule has 0 radical (unpaired) electrons. The summed E-state index contributed by atoms with van der Waals surface area (Å²) in [5.74, 6) is 0.380. The van der Waals surface area contributed by atoms with Crippen molar-refractivity contribution in [2.45, 2.75) is 20.5 Å². The van der Waals surface area contributed by atoms with Crippen LogP contribution in [0.4, 0.5) is 5.69 Å². The van der Waals surface area contributed by atoms with Gasteiger partial charge in [-0.3, -0.25) is 9.20 Å². The van der Waals surface area contributed by atoms with E-state index in [-0.39, 0.29) is 17.5 Å². The molecule has 0 saturated carbocycles. The van der Waals surface area contributed by atoms with Crippen molar-refractivity contribution in [1.82, 2.24) is 9.38 Å². The van der Waals surface area contributed by atoms with Crippen LogP contribution in [-0.2, 0) is 11.4 Å². The quantitative estimate of drug-likeness (QED) is 0.455.